The Balaban J connectivity index is 2.02. The summed E-state index contributed by atoms with van der Waals surface area (Å²) in [6.45, 7) is 0.746. The molecule has 0 bridgehead atoms. The molecule has 0 aromatic rings. The molecule has 1 saturated carbocycles. The van der Waals surface area contributed by atoms with E-state index >= 15 is 0 Å². The maximum Gasteiger partial charge on any atom is 0.226 e. The number of amidine groups is 1. The van der Waals surface area contributed by atoms with Crippen LogP contribution >= 0.6 is 0 Å². The zero-order chi connectivity index (χ0) is 13.0. The standard InChI is InChI=1S/C13H23N3O2/c14-12(15-18)11-8-5-9-16(11)13(17)10-6-3-1-2-4-7-10/h10-11,18H,1-9H2,(H2,14,15). The first kappa shape index (κ1) is 13.2. The highest BCUT2D eigenvalue weighted by Gasteiger charge is 2.35. The maximum absolute atomic E-state index is 12.5. The van der Waals surface area contributed by atoms with Crippen LogP contribution in [0, 0.1) is 5.92 Å². The van der Waals surface area contributed by atoms with Crippen LogP contribution in [0.4, 0.5) is 0 Å². The lowest BCUT2D eigenvalue weighted by molar-refractivity contribution is -0.135. The lowest BCUT2D eigenvalue weighted by Crippen LogP contribution is -2.46. The summed E-state index contributed by atoms with van der Waals surface area (Å²) in [5, 5.41) is 11.8. The molecule has 1 atom stereocenters. The molecule has 1 saturated heterocycles. The van der Waals surface area contributed by atoms with Gasteiger partial charge in [0.1, 0.15) is 0 Å². The Hall–Kier alpha value is -1.26. The molecule has 2 rings (SSSR count). The highest BCUT2D eigenvalue weighted by atomic mass is 16.4. The van der Waals surface area contributed by atoms with Gasteiger partial charge < -0.3 is 15.8 Å². The Labute approximate surface area is 108 Å². The van der Waals surface area contributed by atoms with E-state index < -0.39 is 0 Å². The first-order valence-corrected chi connectivity index (χ1v) is 7.02. The number of hydrogen-bond donors (Lipinski definition) is 2. The first-order valence-electron chi connectivity index (χ1n) is 7.02. The van der Waals surface area contributed by atoms with Crippen molar-refractivity contribution in [1.29, 1.82) is 0 Å². The minimum absolute atomic E-state index is 0.152. The number of amides is 1. The minimum Gasteiger partial charge on any atom is -0.409 e. The van der Waals surface area contributed by atoms with Gasteiger partial charge in [-0.1, -0.05) is 30.8 Å². The van der Waals surface area contributed by atoms with Crippen LogP contribution in [0.15, 0.2) is 5.16 Å². The number of hydrogen-bond acceptors (Lipinski definition) is 3. The zero-order valence-corrected chi connectivity index (χ0v) is 10.8. The average molecular weight is 253 g/mol. The number of carbonyl (C=O) groups is 1. The van der Waals surface area contributed by atoms with Crippen LogP contribution in [0.25, 0.3) is 0 Å². The first-order chi connectivity index (χ1) is 8.74. The molecular weight excluding hydrogens is 230 g/mol. The van der Waals surface area contributed by atoms with Crippen molar-refractivity contribution >= 4 is 11.7 Å². The van der Waals surface area contributed by atoms with Gasteiger partial charge in [-0.15, -0.1) is 0 Å². The largest absolute Gasteiger partial charge is 0.409 e. The van der Waals surface area contributed by atoms with Crippen LogP contribution in [-0.4, -0.2) is 34.4 Å². The van der Waals surface area contributed by atoms with Gasteiger partial charge in [0.2, 0.25) is 5.91 Å². The van der Waals surface area contributed by atoms with Crippen LogP contribution < -0.4 is 5.73 Å². The van der Waals surface area contributed by atoms with E-state index in [0.717, 1.165) is 45.1 Å². The fourth-order valence-electron chi connectivity index (χ4n) is 3.17. The lowest BCUT2D eigenvalue weighted by Gasteiger charge is -2.27. The average Bonchev–Trinajstić information content (AvgIpc) is 2.72. The van der Waals surface area contributed by atoms with E-state index in [-0.39, 0.29) is 23.7 Å². The number of nitrogens with zero attached hydrogens (tertiary/aromatic N) is 2. The molecule has 1 aliphatic heterocycles. The molecule has 1 heterocycles. The number of rotatable bonds is 2. The van der Waals surface area contributed by atoms with Crippen LogP contribution in [-0.2, 0) is 4.79 Å². The molecule has 1 unspecified atom stereocenters. The van der Waals surface area contributed by atoms with Crippen LogP contribution in [0.2, 0.25) is 0 Å². The third kappa shape index (κ3) is 2.76. The Bertz CT molecular complexity index is 322. The van der Waals surface area contributed by atoms with Gasteiger partial charge in [0.05, 0.1) is 6.04 Å². The number of oxime groups is 1. The van der Waals surface area contributed by atoms with Gasteiger partial charge in [0.15, 0.2) is 5.84 Å². The van der Waals surface area contributed by atoms with Crippen molar-refractivity contribution < 1.29 is 10.0 Å². The van der Waals surface area contributed by atoms with Crippen molar-refractivity contribution in [3.05, 3.63) is 0 Å². The van der Waals surface area contributed by atoms with E-state index in [1.165, 1.54) is 12.8 Å². The van der Waals surface area contributed by atoms with Gasteiger partial charge in [-0.05, 0) is 25.7 Å². The van der Waals surface area contributed by atoms with Crippen molar-refractivity contribution in [3.63, 3.8) is 0 Å². The van der Waals surface area contributed by atoms with Gasteiger partial charge in [-0.2, -0.15) is 0 Å². The molecule has 18 heavy (non-hydrogen) atoms. The summed E-state index contributed by atoms with van der Waals surface area (Å²) in [6, 6.07) is -0.189. The molecule has 5 nitrogen and oxygen atoms in total. The molecule has 2 aliphatic rings. The molecular formula is C13H23N3O2. The fraction of sp³-hybridized carbons (Fsp3) is 0.846. The highest BCUT2D eigenvalue weighted by Crippen LogP contribution is 2.28. The van der Waals surface area contributed by atoms with E-state index in [9.17, 15) is 4.79 Å². The maximum atomic E-state index is 12.5. The van der Waals surface area contributed by atoms with E-state index in [1.54, 1.807) is 0 Å². The van der Waals surface area contributed by atoms with Gasteiger partial charge in [0, 0.05) is 12.5 Å². The Morgan fingerprint density at radius 3 is 2.39 bits per heavy atom. The van der Waals surface area contributed by atoms with E-state index in [2.05, 4.69) is 5.16 Å². The van der Waals surface area contributed by atoms with Gasteiger partial charge in [-0.25, -0.2) is 0 Å². The molecule has 5 heteroatoms. The summed E-state index contributed by atoms with van der Waals surface area (Å²) in [5.41, 5.74) is 5.67. The Morgan fingerprint density at radius 1 is 1.11 bits per heavy atom. The van der Waals surface area contributed by atoms with E-state index in [1.807, 2.05) is 4.90 Å². The number of likely N-dealkylation sites (tertiary alicyclic amines) is 1. The van der Waals surface area contributed by atoms with Crippen molar-refractivity contribution in [2.24, 2.45) is 16.8 Å². The lowest BCUT2D eigenvalue weighted by atomic mass is 9.98. The third-order valence-electron chi connectivity index (χ3n) is 4.20. The van der Waals surface area contributed by atoms with Gasteiger partial charge in [-0.3, -0.25) is 4.79 Å². The summed E-state index contributed by atoms with van der Waals surface area (Å²) >= 11 is 0. The second-order valence-corrected chi connectivity index (χ2v) is 5.40. The smallest absolute Gasteiger partial charge is 0.226 e. The topological polar surface area (TPSA) is 78.9 Å². The Kier molecular flexibility index (Phi) is 4.44. The summed E-state index contributed by atoms with van der Waals surface area (Å²) in [6.07, 6.45) is 8.54. The molecule has 102 valence electrons. The number of carbonyl (C=O) groups excluding carboxylic acids is 1. The summed E-state index contributed by atoms with van der Waals surface area (Å²) in [5.74, 6) is 0.542. The molecule has 1 aliphatic carbocycles. The van der Waals surface area contributed by atoms with Crippen molar-refractivity contribution in [3.8, 4) is 0 Å². The van der Waals surface area contributed by atoms with Crippen molar-refractivity contribution in [2.45, 2.75) is 57.4 Å². The monoisotopic (exact) mass is 253 g/mol. The summed E-state index contributed by atoms with van der Waals surface area (Å²) < 4.78 is 0. The second kappa shape index (κ2) is 6.07. The van der Waals surface area contributed by atoms with E-state index in [0.29, 0.717) is 0 Å². The second-order valence-electron chi connectivity index (χ2n) is 5.40. The van der Waals surface area contributed by atoms with Crippen molar-refractivity contribution in [1.82, 2.24) is 4.90 Å². The molecule has 0 aromatic heterocycles. The van der Waals surface area contributed by atoms with Crippen molar-refractivity contribution in [2.75, 3.05) is 6.54 Å². The minimum atomic E-state index is -0.189. The molecule has 3 N–H and O–H groups in total. The molecule has 2 fully saturated rings. The SMILES string of the molecule is NC(=NO)C1CCCN1C(=O)C1CCCCCC1. The Morgan fingerprint density at radius 2 is 1.78 bits per heavy atom. The molecule has 0 aromatic carbocycles. The van der Waals surface area contributed by atoms with Crippen LogP contribution in [0.1, 0.15) is 51.4 Å². The summed E-state index contributed by atoms with van der Waals surface area (Å²) in [4.78, 5) is 14.3. The number of nitrogens with two attached hydrogens (primary N) is 1. The van der Waals surface area contributed by atoms with Gasteiger partial charge >= 0.3 is 0 Å². The van der Waals surface area contributed by atoms with E-state index in [4.69, 9.17) is 10.9 Å². The van der Waals surface area contributed by atoms with Crippen LogP contribution in [0.5, 0.6) is 0 Å². The predicted octanol–water partition coefficient (Wildman–Crippen LogP) is 1.69. The zero-order valence-electron chi connectivity index (χ0n) is 10.8. The fourth-order valence-corrected chi connectivity index (χ4v) is 3.17. The van der Waals surface area contributed by atoms with Gasteiger partial charge in [0.25, 0.3) is 0 Å². The molecule has 1 amide bonds. The molecule has 0 radical (unpaired) electrons. The third-order valence-corrected chi connectivity index (χ3v) is 4.20. The quantitative estimate of drug-likeness (QED) is 0.258. The van der Waals surface area contributed by atoms with Crippen LogP contribution in [0.3, 0.4) is 0 Å². The normalized spacial score (nSPS) is 27.2. The molecule has 0 spiro atoms. The highest BCUT2D eigenvalue weighted by molar-refractivity contribution is 5.91. The predicted molar refractivity (Wildman–Crippen MR) is 69.3 cm³/mol. The summed E-state index contributed by atoms with van der Waals surface area (Å²) in [7, 11) is 0.